The van der Waals surface area contributed by atoms with E-state index in [2.05, 4.69) is 21.4 Å². The van der Waals surface area contributed by atoms with E-state index in [-0.39, 0.29) is 41.9 Å². The molecule has 0 spiro atoms. The Bertz CT molecular complexity index is 1620. The highest BCUT2D eigenvalue weighted by atomic mass is 19.1. The van der Waals surface area contributed by atoms with Crippen LogP contribution in [0.4, 0.5) is 14.6 Å². The second-order valence-electron chi connectivity index (χ2n) is 11.9. The molecule has 0 bridgehead atoms. The van der Waals surface area contributed by atoms with Crippen molar-refractivity contribution >= 4 is 22.6 Å². The summed E-state index contributed by atoms with van der Waals surface area (Å²) in [5.74, 6) is -0.544. The van der Waals surface area contributed by atoms with Gasteiger partial charge in [-0.05, 0) is 89.5 Å². The maximum Gasteiger partial charge on any atom is 0.350 e. The van der Waals surface area contributed by atoms with Crippen molar-refractivity contribution < 1.29 is 18.3 Å². The minimum absolute atomic E-state index is 0.120. The van der Waals surface area contributed by atoms with E-state index in [1.54, 1.807) is 9.47 Å². The van der Waals surface area contributed by atoms with Crippen LogP contribution in [0.15, 0.2) is 41.7 Å². The molecule has 10 heteroatoms. The molecule has 1 aromatic heterocycles. The van der Waals surface area contributed by atoms with Gasteiger partial charge >= 0.3 is 5.69 Å². The Morgan fingerprint density at radius 1 is 1.17 bits per heavy atom. The molecule has 2 fully saturated rings. The number of carbonyl (C=O) groups is 1. The quantitative estimate of drug-likeness (QED) is 0.380. The molecule has 3 atom stereocenters. The average Bonchev–Trinajstić information content (AvgIpc) is 2.93. The maximum atomic E-state index is 15.2. The Morgan fingerprint density at radius 2 is 1.95 bits per heavy atom. The molecule has 3 aliphatic rings. The first-order chi connectivity index (χ1) is 20.2. The lowest BCUT2D eigenvalue weighted by Gasteiger charge is -2.45. The zero-order chi connectivity index (χ0) is 29.7. The van der Waals surface area contributed by atoms with Crippen LogP contribution < -0.4 is 15.3 Å². The number of nitrogens with zero attached hydrogens (tertiary/aromatic N) is 5. The monoisotopic (exact) mass is 577 g/mol. The summed E-state index contributed by atoms with van der Waals surface area (Å²) >= 11 is 0. The molecule has 2 saturated heterocycles. The average molecular weight is 578 g/mol. The molecular formula is C32H37F2N5O3. The van der Waals surface area contributed by atoms with Gasteiger partial charge in [0.25, 0.3) is 0 Å². The van der Waals surface area contributed by atoms with Gasteiger partial charge in [-0.15, -0.1) is 0 Å². The van der Waals surface area contributed by atoms with Crippen LogP contribution in [-0.4, -0.2) is 76.7 Å². The number of amides is 1. The highest BCUT2D eigenvalue weighted by molar-refractivity contribution is 6.00. The molecule has 0 radical (unpaired) electrons. The summed E-state index contributed by atoms with van der Waals surface area (Å²) in [7, 11) is 0. The van der Waals surface area contributed by atoms with Crippen molar-refractivity contribution in [3.8, 4) is 16.9 Å². The number of aromatic nitrogens is 2. The van der Waals surface area contributed by atoms with Gasteiger partial charge in [-0.2, -0.15) is 4.98 Å². The van der Waals surface area contributed by atoms with Crippen LogP contribution in [-0.2, 0) is 4.79 Å². The highest BCUT2D eigenvalue weighted by Crippen LogP contribution is 2.46. The van der Waals surface area contributed by atoms with Gasteiger partial charge in [0.1, 0.15) is 24.1 Å². The van der Waals surface area contributed by atoms with Crippen molar-refractivity contribution in [2.24, 2.45) is 0 Å². The SMILES string of the molecule is C=CC(=O)N1C[C@H](C)N(c2nc(=O)n3c4c(c(-c5ccc(F)cc5F)c(C)cc24)OCC3CCCN2CCC2)C[C@H]1C. The van der Waals surface area contributed by atoms with Crippen molar-refractivity contribution in [3.05, 3.63) is 64.6 Å². The van der Waals surface area contributed by atoms with E-state index in [1.807, 2.05) is 26.8 Å². The summed E-state index contributed by atoms with van der Waals surface area (Å²) in [5.41, 5.74) is 1.66. The molecule has 3 aliphatic heterocycles. The van der Waals surface area contributed by atoms with Crippen LogP contribution in [0.5, 0.6) is 5.75 Å². The molecule has 0 aliphatic carbocycles. The minimum Gasteiger partial charge on any atom is -0.489 e. The van der Waals surface area contributed by atoms with Crippen molar-refractivity contribution in [1.29, 1.82) is 0 Å². The number of hydrogen-bond donors (Lipinski definition) is 0. The van der Waals surface area contributed by atoms with Gasteiger partial charge in [0.05, 0.1) is 11.6 Å². The molecule has 0 saturated carbocycles. The first kappa shape index (κ1) is 28.3. The third kappa shape index (κ3) is 4.85. The van der Waals surface area contributed by atoms with E-state index in [9.17, 15) is 14.0 Å². The second kappa shape index (κ2) is 11.1. The zero-order valence-corrected chi connectivity index (χ0v) is 24.4. The van der Waals surface area contributed by atoms with E-state index in [1.165, 1.54) is 24.6 Å². The van der Waals surface area contributed by atoms with Crippen molar-refractivity contribution in [3.63, 3.8) is 0 Å². The predicted octanol–water partition coefficient (Wildman–Crippen LogP) is 4.68. The van der Waals surface area contributed by atoms with Gasteiger partial charge in [-0.1, -0.05) is 6.58 Å². The Labute approximate surface area is 244 Å². The number of benzene rings is 2. The number of halogens is 2. The van der Waals surface area contributed by atoms with Gasteiger partial charge < -0.3 is 19.4 Å². The standard InChI is InChI=1S/C32H37F2N5O3/c1-5-27(40)37-16-21(4)38(17-20(37)3)31-25-14-19(2)28(24-10-9-22(33)15-26(24)34)30-29(25)39(32(41)35-31)23(18-42-30)8-6-11-36-12-7-13-36/h5,9-10,14-15,20-21,23H,1,6-8,11-13,16-18H2,2-4H3/t20-,21+,23?/m1/s1. The lowest BCUT2D eigenvalue weighted by molar-refractivity contribution is -0.128. The Morgan fingerprint density at radius 3 is 2.64 bits per heavy atom. The fraction of sp³-hybridized carbons (Fsp3) is 0.469. The van der Waals surface area contributed by atoms with Gasteiger partial charge in [0, 0.05) is 47.8 Å². The van der Waals surface area contributed by atoms with E-state index in [0.717, 1.165) is 49.5 Å². The van der Waals surface area contributed by atoms with E-state index in [4.69, 9.17) is 4.74 Å². The van der Waals surface area contributed by atoms with Gasteiger partial charge in [-0.25, -0.2) is 13.6 Å². The van der Waals surface area contributed by atoms with Crippen LogP contribution in [0.1, 0.15) is 44.7 Å². The second-order valence-corrected chi connectivity index (χ2v) is 11.9. The first-order valence-corrected chi connectivity index (χ1v) is 14.8. The molecule has 8 nitrogen and oxygen atoms in total. The molecule has 3 aromatic rings. The van der Waals surface area contributed by atoms with Crippen LogP contribution in [0.3, 0.4) is 0 Å². The molecule has 222 valence electrons. The number of ether oxygens (including phenoxy) is 1. The van der Waals surface area contributed by atoms with Crippen LogP contribution in [0.25, 0.3) is 22.0 Å². The molecule has 42 heavy (non-hydrogen) atoms. The lowest BCUT2D eigenvalue weighted by Crippen LogP contribution is -2.58. The van der Waals surface area contributed by atoms with E-state index < -0.39 is 11.6 Å². The summed E-state index contributed by atoms with van der Waals surface area (Å²) in [6.07, 6.45) is 4.21. The summed E-state index contributed by atoms with van der Waals surface area (Å²) in [6, 6.07) is 4.98. The van der Waals surface area contributed by atoms with Gasteiger partial charge in [0.15, 0.2) is 5.75 Å². The fourth-order valence-corrected chi connectivity index (χ4v) is 6.68. The molecule has 6 rings (SSSR count). The summed E-state index contributed by atoms with van der Waals surface area (Å²) < 4.78 is 37.2. The fourth-order valence-electron chi connectivity index (χ4n) is 6.68. The topological polar surface area (TPSA) is 70.9 Å². The smallest absolute Gasteiger partial charge is 0.350 e. The molecular weight excluding hydrogens is 540 g/mol. The van der Waals surface area contributed by atoms with Crippen molar-refractivity contribution in [2.75, 3.05) is 44.2 Å². The van der Waals surface area contributed by atoms with Crippen molar-refractivity contribution in [2.45, 2.75) is 58.2 Å². The zero-order valence-electron chi connectivity index (χ0n) is 24.4. The van der Waals surface area contributed by atoms with E-state index >= 15 is 4.39 Å². The molecule has 1 amide bonds. The first-order valence-electron chi connectivity index (χ1n) is 14.8. The number of anilines is 1. The Hall–Kier alpha value is -3.79. The third-order valence-electron chi connectivity index (χ3n) is 9.00. The number of likely N-dealkylation sites (tertiary alicyclic amines) is 1. The van der Waals surface area contributed by atoms with Gasteiger partial charge in [-0.3, -0.25) is 9.36 Å². The van der Waals surface area contributed by atoms with Crippen molar-refractivity contribution in [1.82, 2.24) is 19.4 Å². The van der Waals surface area contributed by atoms with Gasteiger partial charge in [0.2, 0.25) is 5.91 Å². The third-order valence-corrected chi connectivity index (χ3v) is 9.00. The Balaban J connectivity index is 1.50. The predicted molar refractivity (Wildman–Crippen MR) is 159 cm³/mol. The Kier molecular flexibility index (Phi) is 7.51. The number of rotatable bonds is 7. The number of piperazine rings is 1. The number of hydrogen-bond acceptors (Lipinski definition) is 6. The minimum atomic E-state index is -0.692. The van der Waals surface area contributed by atoms with Crippen LogP contribution in [0.2, 0.25) is 0 Å². The summed E-state index contributed by atoms with van der Waals surface area (Å²) in [6.45, 7) is 13.9. The van der Waals surface area contributed by atoms with Crippen LogP contribution >= 0.6 is 0 Å². The van der Waals surface area contributed by atoms with E-state index in [0.29, 0.717) is 35.7 Å². The number of carbonyl (C=O) groups excluding carboxylic acids is 1. The van der Waals surface area contributed by atoms with Crippen LogP contribution in [0, 0.1) is 18.6 Å². The largest absolute Gasteiger partial charge is 0.489 e. The molecule has 1 unspecified atom stereocenters. The molecule has 4 heterocycles. The molecule has 0 N–H and O–H groups in total. The normalized spacial score (nSPS) is 22.2. The number of aryl methyl sites for hydroxylation is 1. The summed E-state index contributed by atoms with van der Waals surface area (Å²) in [5, 5.41) is 0.739. The maximum absolute atomic E-state index is 15.2. The summed E-state index contributed by atoms with van der Waals surface area (Å²) in [4.78, 5) is 37.3. The molecule has 2 aromatic carbocycles. The lowest BCUT2D eigenvalue weighted by atomic mass is 9.94. The highest BCUT2D eigenvalue weighted by Gasteiger charge is 2.36.